The van der Waals surface area contributed by atoms with Crippen LogP contribution in [0.4, 0.5) is 0 Å². The summed E-state index contributed by atoms with van der Waals surface area (Å²) in [6.07, 6.45) is 2.21. The molecule has 21 heavy (non-hydrogen) atoms. The van der Waals surface area contributed by atoms with Crippen LogP contribution in [0, 0.1) is 0 Å². The van der Waals surface area contributed by atoms with E-state index < -0.39 is 0 Å². The summed E-state index contributed by atoms with van der Waals surface area (Å²) in [5.41, 5.74) is 2.14. The van der Waals surface area contributed by atoms with E-state index in [9.17, 15) is 4.79 Å². The number of ether oxygens (including phenoxy) is 2. The molecule has 2 rings (SSSR count). The molecule has 2 aromatic carbocycles. The Morgan fingerprint density at radius 3 is 2.57 bits per heavy atom. The maximum absolute atomic E-state index is 10.1. The van der Waals surface area contributed by atoms with Crippen molar-refractivity contribution in [3.63, 3.8) is 0 Å². The fraction of sp³-hybridized carbons (Fsp3) is 0.235. The normalized spacial score (nSPS) is 9.76. The first-order valence-electron chi connectivity index (χ1n) is 6.70. The topological polar surface area (TPSA) is 47.9 Å². The minimum Gasteiger partial charge on any atom is -0.493 e. The lowest BCUT2D eigenvalue weighted by Crippen LogP contribution is -1.99. The second kappa shape index (κ2) is 7.88. The number of carbonyl (C=O) groups excluding carboxylic acids is 1. The van der Waals surface area contributed by atoms with Crippen molar-refractivity contribution >= 4 is 6.08 Å². The van der Waals surface area contributed by atoms with Gasteiger partial charge in [-0.15, -0.1) is 0 Å². The van der Waals surface area contributed by atoms with Crippen LogP contribution in [0.3, 0.4) is 0 Å². The molecule has 4 nitrogen and oxygen atoms in total. The van der Waals surface area contributed by atoms with Gasteiger partial charge in [-0.3, -0.25) is 0 Å². The van der Waals surface area contributed by atoms with Gasteiger partial charge in [-0.05, 0) is 29.7 Å². The zero-order chi connectivity index (χ0) is 14.9. The summed E-state index contributed by atoms with van der Waals surface area (Å²) in [6, 6.07) is 15.7. The smallest absolute Gasteiger partial charge is 0.234 e. The Morgan fingerprint density at radius 1 is 1.05 bits per heavy atom. The summed E-state index contributed by atoms with van der Waals surface area (Å²) in [5, 5.41) is 0. The molecule has 0 amide bonds. The molecule has 0 spiro atoms. The number of benzene rings is 2. The molecule has 0 bridgehead atoms. The maximum atomic E-state index is 10.1. The van der Waals surface area contributed by atoms with Crippen molar-refractivity contribution in [3.8, 4) is 11.5 Å². The van der Waals surface area contributed by atoms with Gasteiger partial charge in [-0.1, -0.05) is 36.4 Å². The van der Waals surface area contributed by atoms with Gasteiger partial charge in [0, 0.05) is 0 Å². The maximum Gasteiger partial charge on any atom is 0.234 e. The summed E-state index contributed by atoms with van der Waals surface area (Å²) < 4.78 is 11.1. The Balaban J connectivity index is 2.03. The van der Waals surface area contributed by atoms with E-state index in [1.165, 1.54) is 6.08 Å². The summed E-state index contributed by atoms with van der Waals surface area (Å²) >= 11 is 0. The molecule has 0 aliphatic rings. The monoisotopic (exact) mass is 283 g/mol. The molecule has 2 aromatic rings. The van der Waals surface area contributed by atoms with Crippen LogP contribution < -0.4 is 9.47 Å². The molecule has 0 fully saturated rings. The van der Waals surface area contributed by atoms with Crippen molar-refractivity contribution in [1.29, 1.82) is 0 Å². The minimum absolute atomic E-state index is 0.427. The second-order valence-electron chi connectivity index (χ2n) is 4.48. The summed E-state index contributed by atoms with van der Waals surface area (Å²) in [4.78, 5) is 13.6. The van der Waals surface area contributed by atoms with Gasteiger partial charge in [0.1, 0.15) is 6.61 Å². The number of nitrogens with zero attached hydrogens (tertiary/aromatic N) is 1. The number of hydrogen-bond acceptors (Lipinski definition) is 4. The average molecular weight is 283 g/mol. The highest BCUT2D eigenvalue weighted by molar-refractivity contribution is 5.43. The van der Waals surface area contributed by atoms with Gasteiger partial charge < -0.3 is 9.47 Å². The number of isocyanates is 1. The van der Waals surface area contributed by atoms with Gasteiger partial charge in [0.2, 0.25) is 6.08 Å². The van der Waals surface area contributed by atoms with Crippen LogP contribution in [-0.2, 0) is 17.8 Å². The van der Waals surface area contributed by atoms with Gasteiger partial charge in [-0.25, -0.2) is 9.79 Å². The summed E-state index contributed by atoms with van der Waals surface area (Å²) in [6.45, 7) is 0.919. The quantitative estimate of drug-likeness (QED) is 0.579. The number of rotatable bonds is 7. The van der Waals surface area contributed by atoms with Gasteiger partial charge >= 0.3 is 0 Å². The first kappa shape index (κ1) is 14.8. The van der Waals surface area contributed by atoms with Gasteiger partial charge in [-0.2, -0.15) is 0 Å². The number of aliphatic imine (C=N–C) groups is 1. The van der Waals surface area contributed by atoms with Crippen LogP contribution in [0.25, 0.3) is 0 Å². The zero-order valence-corrected chi connectivity index (χ0v) is 11.9. The van der Waals surface area contributed by atoms with E-state index in [4.69, 9.17) is 9.47 Å². The van der Waals surface area contributed by atoms with Crippen molar-refractivity contribution < 1.29 is 14.3 Å². The largest absolute Gasteiger partial charge is 0.493 e. The molecule has 0 aliphatic heterocycles. The van der Waals surface area contributed by atoms with E-state index in [-0.39, 0.29) is 0 Å². The predicted molar refractivity (Wildman–Crippen MR) is 80.5 cm³/mol. The Kier molecular flexibility index (Phi) is 5.56. The van der Waals surface area contributed by atoms with Crippen LogP contribution in [0.5, 0.6) is 11.5 Å². The first-order chi connectivity index (χ1) is 10.3. The van der Waals surface area contributed by atoms with E-state index in [2.05, 4.69) is 4.99 Å². The van der Waals surface area contributed by atoms with Crippen LogP contribution in [0.1, 0.15) is 11.1 Å². The Bertz CT molecular complexity index is 619. The predicted octanol–water partition coefficient (Wildman–Crippen LogP) is 3.15. The van der Waals surface area contributed by atoms with Crippen LogP contribution in [0.15, 0.2) is 53.5 Å². The standard InChI is InChI=1S/C17H17NO3/c1-20-17-11-14(9-10-18-13-19)7-8-16(17)21-12-15-5-3-2-4-6-15/h2-8,11H,9-10,12H2,1H3. The summed E-state index contributed by atoms with van der Waals surface area (Å²) in [5.74, 6) is 1.38. The number of hydrogen-bond donors (Lipinski definition) is 0. The highest BCUT2D eigenvalue weighted by Gasteiger charge is 2.06. The molecule has 0 aromatic heterocycles. The molecule has 0 saturated carbocycles. The third-order valence-electron chi connectivity index (χ3n) is 3.04. The molecule has 4 heteroatoms. The molecular weight excluding hydrogens is 266 g/mol. The van der Waals surface area contributed by atoms with Gasteiger partial charge in [0.25, 0.3) is 0 Å². The SMILES string of the molecule is COc1cc(CCN=C=O)ccc1OCc1ccccc1. The third-order valence-corrected chi connectivity index (χ3v) is 3.04. The summed E-state index contributed by atoms with van der Waals surface area (Å²) in [7, 11) is 1.61. The zero-order valence-electron chi connectivity index (χ0n) is 11.9. The fourth-order valence-electron chi connectivity index (χ4n) is 1.95. The van der Waals surface area contributed by atoms with Crippen molar-refractivity contribution in [2.45, 2.75) is 13.0 Å². The Labute approximate surface area is 124 Å². The van der Waals surface area contributed by atoms with E-state index in [1.807, 2.05) is 48.5 Å². The van der Waals surface area contributed by atoms with Crippen molar-refractivity contribution in [3.05, 3.63) is 59.7 Å². The lowest BCUT2D eigenvalue weighted by atomic mass is 10.1. The number of methoxy groups -OCH3 is 1. The molecule has 0 unspecified atom stereocenters. The van der Waals surface area contributed by atoms with Crippen molar-refractivity contribution in [2.24, 2.45) is 4.99 Å². The fourth-order valence-corrected chi connectivity index (χ4v) is 1.95. The lowest BCUT2D eigenvalue weighted by Gasteiger charge is -2.12. The van der Waals surface area contributed by atoms with E-state index in [1.54, 1.807) is 7.11 Å². The van der Waals surface area contributed by atoms with E-state index in [0.717, 1.165) is 11.1 Å². The molecule has 0 saturated heterocycles. The first-order valence-corrected chi connectivity index (χ1v) is 6.70. The van der Waals surface area contributed by atoms with Gasteiger partial charge in [0.05, 0.1) is 13.7 Å². The second-order valence-corrected chi connectivity index (χ2v) is 4.48. The highest BCUT2D eigenvalue weighted by Crippen LogP contribution is 2.29. The van der Waals surface area contributed by atoms with Crippen LogP contribution in [-0.4, -0.2) is 19.7 Å². The highest BCUT2D eigenvalue weighted by atomic mass is 16.5. The average Bonchev–Trinajstić information content (AvgIpc) is 2.54. The molecule has 0 heterocycles. The molecule has 0 aliphatic carbocycles. The van der Waals surface area contributed by atoms with Crippen LogP contribution in [0.2, 0.25) is 0 Å². The molecule has 0 N–H and O–H groups in total. The van der Waals surface area contributed by atoms with Crippen LogP contribution >= 0.6 is 0 Å². The lowest BCUT2D eigenvalue weighted by molar-refractivity contribution is 0.284. The Morgan fingerprint density at radius 2 is 1.86 bits per heavy atom. The third kappa shape index (κ3) is 4.48. The van der Waals surface area contributed by atoms with E-state index >= 15 is 0 Å². The minimum atomic E-state index is 0.427. The van der Waals surface area contributed by atoms with Crippen molar-refractivity contribution in [2.75, 3.05) is 13.7 Å². The van der Waals surface area contributed by atoms with E-state index in [0.29, 0.717) is 31.1 Å². The Hall–Kier alpha value is -2.58. The van der Waals surface area contributed by atoms with Gasteiger partial charge in [0.15, 0.2) is 11.5 Å². The molecule has 108 valence electrons. The molecule has 0 radical (unpaired) electrons. The molecular formula is C17H17NO3. The molecule has 0 atom stereocenters. The van der Waals surface area contributed by atoms with Crippen molar-refractivity contribution in [1.82, 2.24) is 0 Å².